The van der Waals surface area contributed by atoms with Crippen molar-refractivity contribution in [2.24, 2.45) is 0 Å². The number of hydrogen-bond donors (Lipinski definition) is 1. The molecule has 1 N–H and O–H groups in total. The van der Waals surface area contributed by atoms with Crippen LogP contribution in [0.15, 0.2) is 24.3 Å². The number of rotatable bonds is 6. The highest BCUT2D eigenvalue weighted by Crippen LogP contribution is 2.19. The van der Waals surface area contributed by atoms with Gasteiger partial charge in [-0.2, -0.15) is 0 Å². The Morgan fingerprint density at radius 1 is 1.14 bits per heavy atom. The van der Waals surface area contributed by atoms with Gasteiger partial charge in [-0.05, 0) is 37.0 Å². The van der Waals surface area contributed by atoms with Gasteiger partial charge in [-0.3, -0.25) is 9.69 Å². The molecular formula is C21H32N4O3. The van der Waals surface area contributed by atoms with Crippen LogP contribution in [0.4, 0.5) is 10.5 Å². The second-order valence-electron chi connectivity index (χ2n) is 7.48. The fourth-order valence-corrected chi connectivity index (χ4v) is 3.96. The molecule has 0 aromatic heterocycles. The zero-order valence-corrected chi connectivity index (χ0v) is 17.0. The zero-order chi connectivity index (χ0) is 19.9. The average molecular weight is 389 g/mol. The summed E-state index contributed by atoms with van der Waals surface area (Å²) in [4.78, 5) is 31.3. The van der Waals surface area contributed by atoms with E-state index in [2.05, 4.69) is 17.1 Å². The molecule has 0 radical (unpaired) electrons. The maximum atomic E-state index is 12.7. The third kappa shape index (κ3) is 5.02. The van der Waals surface area contributed by atoms with Gasteiger partial charge in [-0.1, -0.05) is 19.1 Å². The predicted molar refractivity (Wildman–Crippen MR) is 109 cm³/mol. The van der Waals surface area contributed by atoms with E-state index >= 15 is 0 Å². The van der Waals surface area contributed by atoms with Crippen LogP contribution in [0.25, 0.3) is 0 Å². The molecule has 0 bridgehead atoms. The van der Waals surface area contributed by atoms with Crippen molar-refractivity contribution in [2.45, 2.75) is 32.2 Å². The number of ether oxygens (including phenoxy) is 1. The maximum Gasteiger partial charge on any atom is 0.321 e. The molecule has 0 saturated carbocycles. The first kappa shape index (κ1) is 20.6. The lowest BCUT2D eigenvalue weighted by Crippen LogP contribution is -2.44. The van der Waals surface area contributed by atoms with Crippen LogP contribution in [0.5, 0.6) is 0 Å². The largest absolute Gasteiger partial charge is 0.383 e. The molecule has 7 heteroatoms. The monoisotopic (exact) mass is 388 g/mol. The molecule has 1 atom stereocenters. The summed E-state index contributed by atoms with van der Waals surface area (Å²) in [5.74, 6) is 0.200. The van der Waals surface area contributed by atoms with Gasteiger partial charge in [0.15, 0.2) is 0 Å². The number of hydrogen-bond acceptors (Lipinski definition) is 4. The fourth-order valence-electron chi connectivity index (χ4n) is 3.96. The number of carbonyl (C=O) groups excluding carboxylic acids is 2. The summed E-state index contributed by atoms with van der Waals surface area (Å²) in [5.41, 5.74) is 2.08. The minimum Gasteiger partial charge on any atom is -0.383 e. The molecule has 2 fully saturated rings. The van der Waals surface area contributed by atoms with Crippen molar-refractivity contribution in [2.75, 3.05) is 58.3 Å². The average Bonchev–Trinajstić information content (AvgIpc) is 2.92. The summed E-state index contributed by atoms with van der Waals surface area (Å²) in [6.45, 7) is 7.07. The highest BCUT2D eigenvalue weighted by molar-refractivity contribution is 5.89. The second-order valence-corrected chi connectivity index (χ2v) is 7.48. The molecule has 0 aliphatic carbocycles. The molecule has 1 aromatic carbocycles. The lowest BCUT2D eigenvalue weighted by Gasteiger charge is -2.26. The smallest absolute Gasteiger partial charge is 0.321 e. The van der Waals surface area contributed by atoms with Crippen LogP contribution in [0.3, 0.4) is 0 Å². The number of methoxy groups -OCH3 is 1. The molecular weight excluding hydrogens is 356 g/mol. The first-order chi connectivity index (χ1) is 13.6. The van der Waals surface area contributed by atoms with Gasteiger partial charge in [0.05, 0.1) is 12.6 Å². The molecule has 2 heterocycles. The van der Waals surface area contributed by atoms with E-state index in [1.165, 1.54) is 5.56 Å². The van der Waals surface area contributed by atoms with Crippen LogP contribution >= 0.6 is 0 Å². The lowest BCUT2D eigenvalue weighted by atomic mass is 10.1. The van der Waals surface area contributed by atoms with E-state index in [-0.39, 0.29) is 18.0 Å². The van der Waals surface area contributed by atoms with Crippen LogP contribution in [0.2, 0.25) is 0 Å². The van der Waals surface area contributed by atoms with Crippen molar-refractivity contribution in [3.05, 3.63) is 29.8 Å². The minimum atomic E-state index is -0.0643. The van der Waals surface area contributed by atoms with E-state index in [0.29, 0.717) is 26.2 Å². The minimum absolute atomic E-state index is 0.0542. The molecule has 3 rings (SSSR count). The summed E-state index contributed by atoms with van der Waals surface area (Å²) in [6.07, 6.45) is 2.72. The number of carbonyl (C=O) groups is 2. The van der Waals surface area contributed by atoms with Crippen molar-refractivity contribution in [1.29, 1.82) is 0 Å². The highest BCUT2D eigenvalue weighted by Gasteiger charge is 2.36. The molecule has 0 spiro atoms. The first-order valence-electron chi connectivity index (χ1n) is 10.3. The third-order valence-electron chi connectivity index (χ3n) is 5.71. The lowest BCUT2D eigenvalue weighted by molar-refractivity contribution is -0.132. The number of benzene rings is 1. The molecule has 2 saturated heterocycles. The van der Waals surface area contributed by atoms with E-state index < -0.39 is 0 Å². The Hall–Kier alpha value is -2.12. The van der Waals surface area contributed by atoms with Gasteiger partial charge in [0.25, 0.3) is 0 Å². The van der Waals surface area contributed by atoms with Crippen LogP contribution in [0, 0.1) is 0 Å². The van der Waals surface area contributed by atoms with Crippen LogP contribution in [-0.2, 0) is 16.0 Å². The van der Waals surface area contributed by atoms with Gasteiger partial charge in [-0.25, -0.2) is 4.79 Å². The summed E-state index contributed by atoms with van der Waals surface area (Å²) in [6, 6.07) is 7.87. The van der Waals surface area contributed by atoms with Crippen molar-refractivity contribution >= 4 is 17.6 Å². The van der Waals surface area contributed by atoms with E-state index in [1.54, 1.807) is 7.11 Å². The number of likely N-dealkylation sites (tertiary alicyclic amines) is 1. The standard InChI is InChI=1S/C21H32N4O3/c1-3-17-5-7-18(8-6-17)22-21(27)25-11-4-10-23(13-14-25)19-9-12-24(20(19)26)15-16-28-2/h5-8,19H,3-4,9-16H2,1-2H3,(H,22,27). The Kier molecular flexibility index (Phi) is 7.28. The van der Waals surface area contributed by atoms with E-state index in [4.69, 9.17) is 4.74 Å². The number of anilines is 1. The van der Waals surface area contributed by atoms with Gasteiger partial charge in [0.1, 0.15) is 0 Å². The van der Waals surface area contributed by atoms with Crippen molar-refractivity contribution in [1.82, 2.24) is 14.7 Å². The van der Waals surface area contributed by atoms with E-state index in [9.17, 15) is 9.59 Å². The van der Waals surface area contributed by atoms with Gasteiger partial charge in [0, 0.05) is 52.1 Å². The van der Waals surface area contributed by atoms with Gasteiger partial charge in [0.2, 0.25) is 5.91 Å². The zero-order valence-electron chi connectivity index (χ0n) is 17.0. The summed E-state index contributed by atoms with van der Waals surface area (Å²) < 4.78 is 5.10. The molecule has 1 aromatic rings. The van der Waals surface area contributed by atoms with Crippen LogP contribution < -0.4 is 5.32 Å². The maximum absolute atomic E-state index is 12.7. The number of nitrogens with zero attached hydrogens (tertiary/aromatic N) is 3. The quantitative estimate of drug-likeness (QED) is 0.810. The molecule has 2 aliphatic rings. The van der Waals surface area contributed by atoms with Gasteiger partial charge < -0.3 is 19.9 Å². The Labute approximate surface area is 167 Å². The summed E-state index contributed by atoms with van der Waals surface area (Å²) >= 11 is 0. The summed E-state index contributed by atoms with van der Waals surface area (Å²) in [7, 11) is 1.66. The molecule has 154 valence electrons. The number of aryl methyl sites for hydroxylation is 1. The Balaban J connectivity index is 1.51. The van der Waals surface area contributed by atoms with Crippen LogP contribution in [-0.4, -0.2) is 85.7 Å². The first-order valence-corrected chi connectivity index (χ1v) is 10.3. The fraction of sp³-hybridized carbons (Fsp3) is 0.619. The number of nitrogens with one attached hydrogen (secondary N) is 1. The molecule has 3 amide bonds. The third-order valence-corrected chi connectivity index (χ3v) is 5.71. The predicted octanol–water partition coefficient (Wildman–Crippen LogP) is 2.04. The molecule has 7 nitrogen and oxygen atoms in total. The topological polar surface area (TPSA) is 65.1 Å². The number of amides is 3. The number of urea groups is 1. The van der Waals surface area contributed by atoms with Crippen molar-refractivity contribution < 1.29 is 14.3 Å². The van der Waals surface area contributed by atoms with Gasteiger partial charge in [-0.15, -0.1) is 0 Å². The molecule has 28 heavy (non-hydrogen) atoms. The summed E-state index contributed by atoms with van der Waals surface area (Å²) in [5, 5.41) is 2.99. The molecule has 1 unspecified atom stereocenters. The van der Waals surface area contributed by atoms with Crippen LogP contribution in [0.1, 0.15) is 25.3 Å². The Bertz CT molecular complexity index is 664. The Morgan fingerprint density at radius 2 is 1.93 bits per heavy atom. The Morgan fingerprint density at radius 3 is 2.64 bits per heavy atom. The van der Waals surface area contributed by atoms with Crippen molar-refractivity contribution in [3.8, 4) is 0 Å². The van der Waals surface area contributed by atoms with Crippen molar-refractivity contribution in [3.63, 3.8) is 0 Å². The second kappa shape index (κ2) is 9.89. The van der Waals surface area contributed by atoms with Gasteiger partial charge >= 0.3 is 6.03 Å². The molecule has 2 aliphatic heterocycles. The highest BCUT2D eigenvalue weighted by atomic mass is 16.5. The van der Waals surface area contributed by atoms with E-state index in [1.807, 2.05) is 34.1 Å². The SMILES string of the molecule is CCc1ccc(NC(=O)N2CCCN(C3CCN(CCOC)C3=O)CC2)cc1. The normalized spacial score (nSPS) is 21.1. The van der Waals surface area contributed by atoms with E-state index in [0.717, 1.165) is 44.6 Å².